The number of aromatic nitrogens is 1. The molecule has 0 fully saturated rings. The third-order valence-electron chi connectivity index (χ3n) is 3.05. The molecule has 19 heavy (non-hydrogen) atoms. The van der Waals surface area contributed by atoms with E-state index in [9.17, 15) is 0 Å². The zero-order valence-corrected chi connectivity index (χ0v) is 11.2. The highest BCUT2D eigenvalue weighted by Gasteiger charge is 2.17. The number of hydrogen-bond donors (Lipinski definition) is 0. The Morgan fingerprint density at radius 3 is 2.37 bits per heavy atom. The van der Waals surface area contributed by atoms with Crippen molar-refractivity contribution in [1.29, 1.82) is 0 Å². The van der Waals surface area contributed by atoms with Crippen molar-refractivity contribution in [3.05, 3.63) is 65.4 Å². The molecule has 0 saturated carbocycles. The molecule has 0 bridgehead atoms. The largest absolute Gasteiger partial charge is 0.360 e. The van der Waals surface area contributed by atoms with Gasteiger partial charge < -0.3 is 4.52 Å². The first-order valence-electron chi connectivity index (χ1n) is 6.04. The maximum atomic E-state index is 6.25. The highest BCUT2D eigenvalue weighted by atomic mass is 35.5. The second kappa shape index (κ2) is 4.90. The Morgan fingerprint density at radius 2 is 1.63 bits per heavy atom. The topological polar surface area (TPSA) is 26.0 Å². The number of benzene rings is 2. The fraction of sp³-hybridized carbons (Fsp3) is 0.0625. The molecule has 0 spiro atoms. The van der Waals surface area contributed by atoms with Gasteiger partial charge in [0.05, 0.1) is 10.6 Å². The average Bonchev–Trinajstić information content (AvgIpc) is 2.82. The Balaban J connectivity index is 2.23. The van der Waals surface area contributed by atoms with Crippen LogP contribution in [0.5, 0.6) is 0 Å². The summed E-state index contributed by atoms with van der Waals surface area (Å²) in [5, 5.41) is 4.84. The molecule has 3 aromatic rings. The predicted molar refractivity (Wildman–Crippen MR) is 77.1 cm³/mol. The monoisotopic (exact) mass is 269 g/mol. The van der Waals surface area contributed by atoms with Gasteiger partial charge in [-0.05, 0) is 18.6 Å². The SMILES string of the molecule is Cc1onc(-c2ccccc2Cl)c1-c1ccccc1. The lowest BCUT2D eigenvalue weighted by Gasteiger charge is -2.04. The molecule has 0 radical (unpaired) electrons. The smallest absolute Gasteiger partial charge is 0.142 e. The molecule has 3 heteroatoms. The molecule has 0 aliphatic carbocycles. The van der Waals surface area contributed by atoms with Gasteiger partial charge in [0.15, 0.2) is 0 Å². The summed E-state index contributed by atoms with van der Waals surface area (Å²) in [4.78, 5) is 0. The van der Waals surface area contributed by atoms with Crippen LogP contribution < -0.4 is 0 Å². The summed E-state index contributed by atoms with van der Waals surface area (Å²) in [6.07, 6.45) is 0. The van der Waals surface area contributed by atoms with Crippen LogP contribution in [0.15, 0.2) is 59.1 Å². The maximum absolute atomic E-state index is 6.25. The van der Waals surface area contributed by atoms with Crippen LogP contribution in [-0.2, 0) is 0 Å². The summed E-state index contributed by atoms with van der Waals surface area (Å²) in [5.41, 5.74) is 3.75. The van der Waals surface area contributed by atoms with E-state index in [-0.39, 0.29) is 0 Å². The molecule has 0 N–H and O–H groups in total. The van der Waals surface area contributed by atoms with E-state index in [0.29, 0.717) is 5.02 Å². The second-order valence-corrected chi connectivity index (χ2v) is 4.72. The molecular formula is C16H12ClNO. The van der Waals surface area contributed by atoms with Crippen LogP contribution in [0, 0.1) is 6.92 Å². The van der Waals surface area contributed by atoms with E-state index in [4.69, 9.17) is 16.1 Å². The van der Waals surface area contributed by atoms with Crippen molar-refractivity contribution < 1.29 is 4.52 Å². The van der Waals surface area contributed by atoms with Gasteiger partial charge in [-0.15, -0.1) is 0 Å². The van der Waals surface area contributed by atoms with Gasteiger partial charge in [0.2, 0.25) is 0 Å². The van der Waals surface area contributed by atoms with Gasteiger partial charge in [0, 0.05) is 5.56 Å². The number of halogens is 1. The second-order valence-electron chi connectivity index (χ2n) is 4.31. The molecule has 2 aromatic carbocycles. The standard InChI is InChI=1S/C16H12ClNO/c1-11-15(12-7-3-2-4-8-12)16(18-19-11)13-9-5-6-10-14(13)17/h2-10H,1H3. The molecule has 1 aromatic heterocycles. The highest BCUT2D eigenvalue weighted by molar-refractivity contribution is 6.33. The maximum Gasteiger partial charge on any atom is 0.142 e. The highest BCUT2D eigenvalue weighted by Crippen LogP contribution is 2.36. The molecule has 0 aliphatic rings. The van der Waals surface area contributed by atoms with Gasteiger partial charge in [0.25, 0.3) is 0 Å². The van der Waals surface area contributed by atoms with Crippen LogP contribution in [0.1, 0.15) is 5.76 Å². The van der Waals surface area contributed by atoms with Crippen LogP contribution in [0.4, 0.5) is 0 Å². The average molecular weight is 270 g/mol. The summed E-state index contributed by atoms with van der Waals surface area (Å²) in [5.74, 6) is 0.793. The molecule has 0 aliphatic heterocycles. The molecule has 2 nitrogen and oxygen atoms in total. The quantitative estimate of drug-likeness (QED) is 0.656. The lowest BCUT2D eigenvalue weighted by Crippen LogP contribution is -1.84. The molecular weight excluding hydrogens is 258 g/mol. The Morgan fingerprint density at radius 1 is 0.947 bits per heavy atom. The van der Waals surface area contributed by atoms with Crippen LogP contribution in [0.3, 0.4) is 0 Å². The van der Waals surface area contributed by atoms with E-state index in [1.165, 1.54) is 0 Å². The van der Waals surface area contributed by atoms with E-state index in [1.54, 1.807) is 0 Å². The zero-order valence-electron chi connectivity index (χ0n) is 10.4. The van der Waals surface area contributed by atoms with E-state index < -0.39 is 0 Å². The minimum Gasteiger partial charge on any atom is -0.360 e. The first kappa shape index (κ1) is 12.0. The zero-order chi connectivity index (χ0) is 13.2. The molecule has 94 valence electrons. The predicted octanol–water partition coefficient (Wildman–Crippen LogP) is 4.97. The number of hydrogen-bond acceptors (Lipinski definition) is 2. The van der Waals surface area contributed by atoms with Crippen molar-refractivity contribution in [2.45, 2.75) is 6.92 Å². The molecule has 3 rings (SSSR count). The Labute approximate surface area is 116 Å². The van der Waals surface area contributed by atoms with Gasteiger partial charge in [0.1, 0.15) is 11.5 Å². The van der Waals surface area contributed by atoms with Crippen molar-refractivity contribution >= 4 is 11.6 Å². The first-order chi connectivity index (χ1) is 9.27. The van der Waals surface area contributed by atoms with Crippen molar-refractivity contribution in [3.63, 3.8) is 0 Å². The van der Waals surface area contributed by atoms with Crippen LogP contribution in [-0.4, -0.2) is 5.16 Å². The van der Waals surface area contributed by atoms with E-state index >= 15 is 0 Å². The van der Waals surface area contributed by atoms with Crippen molar-refractivity contribution in [2.75, 3.05) is 0 Å². The molecule has 0 unspecified atom stereocenters. The molecule has 0 saturated heterocycles. The first-order valence-corrected chi connectivity index (χ1v) is 6.42. The molecule has 0 atom stereocenters. The van der Waals surface area contributed by atoms with Gasteiger partial charge in [-0.3, -0.25) is 0 Å². The van der Waals surface area contributed by atoms with Gasteiger partial charge in [-0.25, -0.2) is 0 Å². The number of aryl methyl sites for hydroxylation is 1. The van der Waals surface area contributed by atoms with Crippen molar-refractivity contribution in [2.24, 2.45) is 0 Å². The van der Waals surface area contributed by atoms with Gasteiger partial charge >= 0.3 is 0 Å². The summed E-state index contributed by atoms with van der Waals surface area (Å²) < 4.78 is 5.35. The lowest BCUT2D eigenvalue weighted by atomic mass is 9.99. The fourth-order valence-electron chi connectivity index (χ4n) is 2.15. The molecule has 1 heterocycles. The van der Waals surface area contributed by atoms with E-state index in [1.807, 2.05) is 61.5 Å². The summed E-state index contributed by atoms with van der Waals surface area (Å²) in [6.45, 7) is 1.91. The normalized spacial score (nSPS) is 10.6. The van der Waals surface area contributed by atoms with Crippen LogP contribution in [0.25, 0.3) is 22.4 Å². The van der Waals surface area contributed by atoms with Crippen molar-refractivity contribution in [1.82, 2.24) is 5.16 Å². The summed E-state index contributed by atoms with van der Waals surface area (Å²) in [7, 11) is 0. The minimum atomic E-state index is 0.674. The number of nitrogens with zero attached hydrogens (tertiary/aromatic N) is 1. The fourth-order valence-corrected chi connectivity index (χ4v) is 2.38. The minimum absolute atomic E-state index is 0.674. The molecule has 0 amide bonds. The van der Waals surface area contributed by atoms with Crippen LogP contribution in [0.2, 0.25) is 5.02 Å². The van der Waals surface area contributed by atoms with E-state index in [2.05, 4.69) is 5.16 Å². The van der Waals surface area contributed by atoms with E-state index in [0.717, 1.165) is 28.1 Å². The number of rotatable bonds is 2. The van der Waals surface area contributed by atoms with Crippen molar-refractivity contribution in [3.8, 4) is 22.4 Å². The van der Waals surface area contributed by atoms with Gasteiger partial charge in [-0.1, -0.05) is 65.3 Å². The third-order valence-corrected chi connectivity index (χ3v) is 3.38. The third kappa shape index (κ3) is 2.15. The Kier molecular flexibility index (Phi) is 3.10. The lowest BCUT2D eigenvalue weighted by molar-refractivity contribution is 0.400. The summed E-state index contributed by atoms with van der Waals surface area (Å²) >= 11 is 6.25. The summed E-state index contributed by atoms with van der Waals surface area (Å²) in [6, 6.07) is 17.7. The van der Waals surface area contributed by atoms with Gasteiger partial charge in [-0.2, -0.15) is 0 Å². The Hall–Kier alpha value is -2.06. The van der Waals surface area contributed by atoms with Crippen LogP contribution >= 0.6 is 11.6 Å². The Bertz CT molecular complexity index is 704.